The van der Waals surface area contributed by atoms with E-state index in [0.717, 1.165) is 11.3 Å². The zero-order valence-corrected chi connectivity index (χ0v) is 17.1. The van der Waals surface area contributed by atoms with Crippen LogP contribution in [-0.2, 0) is 20.9 Å². The Labute approximate surface area is 171 Å². The van der Waals surface area contributed by atoms with Gasteiger partial charge in [-0.05, 0) is 48.9 Å². The summed E-state index contributed by atoms with van der Waals surface area (Å²) in [6.07, 6.45) is -0.875. The van der Waals surface area contributed by atoms with E-state index in [-0.39, 0.29) is 12.5 Å². The van der Waals surface area contributed by atoms with Crippen LogP contribution < -0.4 is 9.64 Å². The van der Waals surface area contributed by atoms with Gasteiger partial charge in [0, 0.05) is 33.4 Å². The Hall–Kier alpha value is -3.53. The molecule has 152 valence electrons. The number of ether oxygens (including phenoxy) is 2. The summed E-state index contributed by atoms with van der Waals surface area (Å²) in [4.78, 5) is 27.8. The summed E-state index contributed by atoms with van der Waals surface area (Å²) >= 11 is 0. The van der Waals surface area contributed by atoms with E-state index in [9.17, 15) is 9.59 Å². The third kappa shape index (κ3) is 6.54. The zero-order valence-electron chi connectivity index (χ0n) is 17.1. The first-order valence-corrected chi connectivity index (χ1v) is 9.14. The van der Waals surface area contributed by atoms with E-state index >= 15 is 0 Å². The molecule has 7 heteroatoms. The van der Waals surface area contributed by atoms with Crippen LogP contribution in [-0.4, -0.2) is 50.6 Å². The zero-order chi connectivity index (χ0) is 21.4. The Morgan fingerprint density at radius 1 is 1.03 bits per heavy atom. The highest BCUT2D eigenvalue weighted by Crippen LogP contribution is 2.15. The smallest absolute Gasteiger partial charge is 0.347 e. The molecule has 2 aromatic rings. The van der Waals surface area contributed by atoms with Crippen molar-refractivity contribution in [2.75, 3.05) is 32.6 Å². The number of esters is 1. The fourth-order valence-electron chi connectivity index (χ4n) is 2.48. The number of rotatable bonds is 8. The molecule has 0 bridgehead atoms. The topological polar surface area (TPSA) is 82.9 Å². The molecule has 7 nitrogen and oxygen atoms in total. The average Bonchev–Trinajstić information content (AvgIpc) is 2.72. The summed E-state index contributed by atoms with van der Waals surface area (Å²) in [6, 6.07) is 16.3. The minimum Gasteiger partial charge on any atom is -0.479 e. The number of likely N-dealkylation sites (N-methyl/N-ethyl adjacent to an activating group) is 1. The quantitative estimate of drug-likeness (QED) is 0.639. The van der Waals surface area contributed by atoms with Crippen molar-refractivity contribution in [3.63, 3.8) is 0 Å². The molecule has 0 saturated carbocycles. The standard InChI is InChI=1S/C22H25N3O4/c1-16(29-20-11-7-17(13-23)8-12-20)22(27)28-15-21(26)25(4)14-18-5-9-19(10-6-18)24(2)3/h5-12,16H,14-15H2,1-4H3/t16-/m1/s1. The summed E-state index contributed by atoms with van der Waals surface area (Å²) in [5.74, 6) is -0.495. The maximum Gasteiger partial charge on any atom is 0.347 e. The first-order valence-electron chi connectivity index (χ1n) is 9.14. The molecule has 0 aliphatic heterocycles. The number of carbonyl (C=O) groups excluding carboxylic acids is 2. The number of nitrogens with zero attached hydrogens (tertiary/aromatic N) is 3. The summed E-state index contributed by atoms with van der Waals surface area (Å²) < 4.78 is 10.6. The van der Waals surface area contributed by atoms with Crippen molar-refractivity contribution >= 4 is 17.6 Å². The van der Waals surface area contributed by atoms with Crippen LogP contribution in [0.3, 0.4) is 0 Å². The number of carbonyl (C=O) groups is 2. The van der Waals surface area contributed by atoms with Crippen LogP contribution in [0.2, 0.25) is 0 Å². The Balaban J connectivity index is 1.80. The monoisotopic (exact) mass is 395 g/mol. The minimum atomic E-state index is -0.875. The number of nitriles is 1. The van der Waals surface area contributed by atoms with Crippen molar-refractivity contribution in [1.82, 2.24) is 4.90 Å². The van der Waals surface area contributed by atoms with Crippen molar-refractivity contribution in [3.05, 3.63) is 59.7 Å². The number of benzene rings is 2. The van der Waals surface area contributed by atoms with E-state index in [1.54, 1.807) is 38.2 Å². The molecule has 2 rings (SSSR count). The van der Waals surface area contributed by atoms with Gasteiger partial charge < -0.3 is 19.3 Å². The number of hydrogen-bond donors (Lipinski definition) is 0. The molecule has 0 fully saturated rings. The van der Waals surface area contributed by atoms with Crippen molar-refractivity contribution in [3.8, 4) is 11.8 Å². The molecular formula is C22H25N3O4. The highest BCUT2D eigenvalue weighted by molar-refractivity contribution is 5.82. The van der Waals surface area contributed by atoms with Crippen LogP contribution in [0.4, 0.5) is 5.69 Å². The van der Waals surface area contributed by atoms with Gasteiger partial charge in [0.25, 0.3) is 5.91 Å². The van der Waals surface area contributed by atoms with Gasteiger partial charge in [-0.3, -0.25) is 4.79 Å². The predicted molar refractivity (Wildman–Crippen MR) is 109 cm³/mol. The molecule has 2 aromatic carbocycles. The van der Waals surface area contributed by atoms with Gasteiger partial charge in [0.15, 0.2) is 12.7 Å². The van der Waals surface area contributed by atoms with E-state index in [0.29, 0.717) is 17.9 Å². The SMILES string of the molecule is C[C@@H](Oc1ccc(C#N)cc1)C(=O)OCC(=O)N(C)Cc1ccc(N(C)C)cc1. The molecule has 0 aliphatic carbocycles. The van der Waals surface area contributed by atoms with Crippen molar-refractivity contribution in [2.45, 2.75) is 19.6 Å². The average molecular weight is 395 g/mol. The molecule has 0 saturated heterocycles. The van der Waals surface area contributed by atoms with Crippen LogP contribution in [0.5, 0.6) is 5.75 Å². The van der Waals surface area contributed by atoms with Crippen LogP contribution in [0.25, 0.3) is 0 Å². The van der Waals surface area contributed by atoms with E-state index in [1.165, 1.54) is 4.90 Å². The molecular weight excluding hydrogens is 370 g/mol. The van der Waals surface area contributed by atoms with Gasteiger partial charge >= 0.3 is 5.97 Å². The fourth-order valence-corrected chi connectivity index (χ4v) is 2.48. The number of hydrogen-bond acceptors (Lipinski definition) is 6. The Bertz CT molecular complexity index is 870. The lowest BCUT2D eigenvalue weighted by molar-refractivity contribution is -0.157. The molecule has 0 N–H and O–H groups in total. The second-order valence-corrected chi connectivity index (χ2v) is 6.81. The molecule has 0 aliphatic rings. The fraction of sp³-hybridized carbons (Fsp3) is 0.318. The minimum absolute atomic E-state index is 0.305. The van der Waals surface area contributed by atoms with Crippen LogP contribution >= 0.6 is 0 Å². The van der Waals surface area contributed by atoms with Crippen molar-refractivity contribution in [2.24, 2.45) is 0 Å². The van der Waals surface area contributed by atoms with Gasteiger partial charge in [-0.2, -0.15) is 5.26 Å². The second-order valence-electron chi connectivity index (χ2n) is 6.81. The molecule has 29 heavy (non-hydrogen) atoms. The van der Waals surface area contributed by atoms with E-state index in [2.05, 4.69) is 0 Å². The molecule has 0 heterocycles. The van der Waals surface area contributed by atoms with Crippen LogP contribution in [0.1, 0.15) is 18.1 Å². The largest absolute Gasteiger partial charge is 0.479 e. The molecule has 0 spiro atoms. The van der Waals surface area contributed by atoms with Crippen molar-refractivity contribution in [1.29, 1.82) is 5.26 Å². The Morgan fingerprint density at radius 2 is 1.66 bits per heavy atom. The Kier molecular flexibility index (Phi) is 7.61. The Morgan fingerprint density at radius 3 is 2.21 bits per heavy atom. The molecule has 1 atom stereocenters. The van der Waals surface area contributed by atoms with Crippen molar-refractivity contribution < 1.29 is 19.1 Å². The molecule has 0 unspecified atom stereocenters. The highest BCUT2D eigenvalue weighted by atomic mass is 16.6. The summed E-state index contributed by atoms with van der Waals surface area (Å²) in [7, 11) is 5.59. The van der Waals surface area contributed by atoms with Gasteiger partial charge in [0.1, 0.15) is 5.75 Å². The van der Waals surface area contributed by atoms with E-state index in [1.807, 2.05) is 49.3 Å². The second kappa shape index (κ2) is 10.1. The van der Waals surface area contributed by atoms with Crippen LogP contribution in [0.15, 0.2) is 48.5 Å². The van der Waals surface area contributed by atoms with Gasteiger partial charge in [-0.15, -0.1) is 0 Å². The third-order valence-electron chi connectivity index (χ3n) is 4.26. The first kappa shape index (κ1) is 21.8. The van der Waals surface area contributed by atoms with Gasteiger partial charge in [0.2, 0.25) is 0 Å². The summed E-state index contributed by atoms with van der Waals surface area (Å²) in [6.45, 7) is 1.61. The molecule has 0 radical (unpaired) electrons. The lowest BCUT2D eigenvalue weighted by Gasteiger charge is -2.19. The van der Waals surface area contributed by atoms with Gasteiger partial charge in [-0.1, -0.05) is 12.1 Å². The highest BCUT2D eigenvalue weighted by Gasteiger charge is 2.19. The summed E-state index contributed by atoms with van der Waals surface area (Å²) in [5.41, 5.74) is 2.56. The van der Waals surface area contributed by atoms with Gasteiger partial charge in [-0.25, -0.2) is 4.79 Å². The normalized spacial score (nSPS) is 11.1. The summed E-state index contributed by atoms with van der Waals surface area (Å²) in [5, 5.41) is 8.79. The van der Waals surface area contributed by atoms with E-state index in [4.69, 9.17) is 14.7 Å². The lowest BCUT2D eigenvalue weighted by atomic mass is 10.2. The predicted octanol–water partition coefficient (Wildman–Crippen LogP) is 2.59. The maximum atomic E-state index is 12.2. The number of anilines is 1. The maximum absolute atomic E-state index is 12.2. The first-order chi connectivity index (χ1) is 13.8. The van der Waals surface area contributed by atoms with E-state index < -0.39 is 12.1 Å². The number of amides is 1. The lowest BCUT2D eigenvalue weighted by Crippen LogP contribution is -2.34. The van der Waals surface area contributed by atoms with Crippen LogP contribution in [0, 0.1) is 11.3 Å². The third-order valence-corrected chi connectivity index (χ3v) is 4.26. The molecule has 1 amide bonds. The molecule has 0 aromatic heterocycles. The van der Waals surface area contributed by atoms with Gasteiger partial charge in [0.05, 0.1) is 11.6 Å².